The van der Waals surface area contributed by atoms with Crippen molar-refractivity contribution < 1.29 is 14.6 Å². The van der Waals surface area contributed by atoms with Crippen molar-refractivity contribution in [2.75, 3.05) is 12.4 Å². The molecule has 0 unspecified atom stereocenters. The van der Waals surface area contributed by atoms with Crippen molar-refractivity contribution in [3.05, 3.63) is 59.0 Å². The molecule has 0 atom stereocenters. The molecule has 3 aromatic rings. The van der Waals surface area contributed by atoms with E-state index in [-0.39, 0.29) is 5.69 Å². The number of aromatic nitrogens is 2. The molecule has 2 aromatic heterocycles. The predicted octanol–water partition coefficient (Wildman–Crippen LogP) is 3.31. The predicted molar refractivity (Wildman–Crippen MR) is 87.5 cm³/mol. The Morgan fingerprint density at radius 1 is 1.39 bits per heavy atom. The van der Waals surface area contributed by atoms with E-state index in [2.05, 4.69) is 10.3 Å². The number of anilines is 1. The Balaban J connectivity index is 1.93. The number of rotatable bonds is 5. The molecule has 0 radical (unpaired) electrons. The van der Waals surface area contributed by atoms with E-state index < -0.39 is 5.97 Å². The zero-order chi connectivity index (χ0) is 16.4. The number of halogens is 1. The summed E-state index contributed by atoms with van der Waals surface area (Å²) in [6.07, 6.45) is 3.18. The molecule has 0 bridgehead atoms. The van der Waals surface area contributed by atoms with Crippen LogP contribution in [0.15, 0.2) is 42.7 Å². The molecule has 7 heteroatoms. The summed E-state index contributed by atoms with van der Waals surface area (Å²) < 4.78 is 6.83. The topological polar surface area (TPSA) is 75.9 Å². The Bertz CT molecular complexity index is 876. The van der Waals surface area contributed by atoms with E-state index in [1.807, 2.05) is 6.07 Å². The molecule has 0 fully saturated rings. The molecule has 0 amide bonds. The maximum Gasteiger partial charge on any atom is 0.355 e. The zero-order valence-electron chi connectivity index (χ0n) is 12.3. The number of carboxylic acid groups (broad SMARTS) is 1. The van der Waals surface area contributed by atoms with Crippen LogP contribution in [0.1, 0.15) is 16.1 Å². The second kappa shape index (κ2) is 6.18. The molecule has 0 aliphatic heterocycles. The first-order valence-corrected chi connectivity index (χ1v) is 7.23. The van der Waals surface area contributed by atoms with Gasteiger partial charge in [-0.25, -0.2) is 9.78 Å². The SMILES string of the molecule is COc1cc(Cl)ccc1CNc1ccc2nccn2c1C(=O)O. The Morgan fingerprint density at radius 3 is 2.96 bits per heavy atom. The Hall–Kier alpha value is -2.73. The normalized spacial score (nSPS) is 10.7. The van der Waals surface area contributed by atoms with Crippen LogP contribution >= 0.6 is 11.6 Å². The lowest BCUT2D eigenvalue weighted by Crippen LogP contribution is -2.11. The summed E-state index contributed by atoms with van der Waals surface area (Å²) in [6, 6.07) is 8.78. The highest BCUT2D eigenvalue weighted by Gasteiger charge is 2.15. The minimum absolute atomic E-state index is 0.132. The second-order valence-corrected chi connectivity index (χ2v) is 5.30. The van der Waals surface area contributed by atoms with Crippen LogP contribution in [0, 0.1) is 0 Å². The highest BCUT2D eigenvalue weighted by atomic mass is 35.5. The summed E-state index contributed by atoms with van der Waals surface area (Å²) in [5, 5.41) is 13.2. The van der Waals surface area contributed by atoms with E-state index in [1.165, 1.54) is 4.40 Å². The largest absolute Gasteiger partial charge is 0.496 e. The first kappa shape index (κ1) is 15.2. The molecule has 0 spiro atoms. The summed E-state index contributed by atoms with van der Waals surface area (Å²) in [5.41, 5.74) is 2.09. The third-order valence-electron chi connectivity index (χ3n) is 3.49. The molecular weight excluding hydrogens is 318 g/mol. The van der Waals surface area contributed by atoms with Gasteiger partial charge in [0.1, 0.15) is 11.4 Å². The summed E-state index contributed by atoms with van der Waals surface area (Å²) in [7, 11) is 1.56. The van der Waals surface area contributed by atoms with Crippen molar-refractivity contribution in [1.29, 1.82) is 0 Å². The zero-order valence-corrected chi connectivity index (χ0v) is 13.0. The molecule has 0 saturated carbocycles. The van der Waals surface area contributed by atoms with Gasteiger partial charge in [0.15, 0.2) is 5.69 Å². The second-order valence-electron chi connectivity index (χ2n) is 4.87. The standard InChI is InChI=1S/C16H14ClN3O3/c1-23-13-8-11(17)3-2-10(13)9-19-12-4-5-14-18-6-7-20(14)15(12)16(21)22/h2-8,19H,9H2,1H3,(H,21,22). The number of aromatic carboxylic acids is 1. The molecular formula is C16H14ClN3O3. The fourth-order valence-corrected chi connectivity index (χ4v) is 2.57. The molecule has 0 aliphatic carbocycles. The van der Waals surface area contributed by atoms with E-state index in [0.717, 1.165) is 5.56 Å². The highest BCUT2D eigenvalue weighted by Crippen LogP contribution is 2.25. The Labute approximate surface area is 137 Å². The van der Waals surface area contributed by atoms with E-state index in [0.29, 0.717) is 28.7 Å². The van der Waals surface area contributed by atoms with Crippen molar-refractivity contribution >= 4 is 28.9 Å². The number of benzene rings is 1. The number of pyridine rings is 1. The summed E-state index contributed by atoms with van der Waals surface area (Å²) in [4.78, 5) is 15.7. The van der Waals surface area contributed by atoms with Crippen molar-refractivity contribution in [3.63, 3.8) is 0 Å². The van der Waals surface area contributed by atoms with Crippen molar-refractivity contribution in [3.8, 4) is 5.75 Å². The van der Waals surface area contributed by atoms with Crippen LogP contribution in [0.2, 0.25) is 5.02 Å². The third kappa shape index (κ3) is 2.93. The van der Waals surface area contributed by atoms with Crippen molar-refractivity contribution in [2.24, 2.45) is 0 Å². The molecule has 0 saturated heterocycles. The van der Waals surface area contributed by atoms with Crippen LogP contribution < -0.4 is 10.1 Å². The maximum absolute atomic E-state index is 11.6. The van der Waals surface area contributed by atoms with Gasteiger partial charge in [0.2, 0.25) is 0 Å². The molecule has 2 N–H and O–H groups in total. The molecule has 1 aromatic carbocycles. The Morgan fingerprint density at radius 2 is 2.22 bits per heavy atom. The number of methoxy groups -OCH3 is 1. The van der Waals surface area contributed by atoms with E-state index >= 15 is 0 Å². The third-order valence-corrected chi connectivity index (χ3v) is 3.72. The van der Waals surface area contributed by atoms with Crippen LogP contribution in [0.3, 0.4) is 0 Å². The highest BCUT2D eigenvalue weighted by molar-refractivity contribution is 6.30. The minimum atomic E-state index is -1.03. The number of ether oxygens (including phenoxy) is 1. The number of nitrogens with one attached hydrogen (secondary N) is 1. The van der Waals surface area contributed by atoms with Crippen LogP contribution in [-0.4, -0.2) is 27.6 Å². The van der Waals surface area contributed by atoms with E-state index in [4.69, 9.17) is 16.3 Å². The average Bonchev–Trinajstić information content (AvgIpc) is 3.01. The summed E-state index contributed by atoms with van der Waals surface area (Å²) >= 11 is 5.94. The maximum atomic E-state index is 11.6. The molecule has 3 rings (SSSR count). The fourth-order valence-electron chi connectivity index (χ4n) is 2.41. The average molecular weight is 332 g/mol. The number of imidazole rings is 1. The summed E-state index contributed by atoms with van der Waals surface area (Å²) in [5.74, 6) is -0.384. The first-order chi connectivity index (χ1) is 11.1. The van der Waals surface area contributed by atoms with Crippen LogP contribution in [0.5, 0.6) is 5.75 Å². The molecule has 118 valence electrons. The summed E-state index contributed by atoms with van der Waals surface area (Å²) in [6.45, 7) is 0.404. The number of hydrogen-bond acceptors (Lipinski definition) is 4. The first-order valence-electron chi connectivity index (χ1n) is 6.86. The number of nitrogens with zero attached hydrogens (tertiary/aromatic N) is 2. The number of hydrogen-bond donors (Lipinski definition) is 2. The van der Waals surface area contributed by atoms with Gasteiger partial charge in [-0.2, -0.15) is 0 Å². The number of carbonyl (C=O) groups is 1. The van der Waals surface area contributed by atoms with Gasteiger partial charge in [-0.1, -0.05) is 17.7 Å². The quantitative estimate of drug-likeness (QED) is 0.750. The van der Waals surface area contributed by atoms with E-state index in [9.17, 15) is 9.90 Å². The van der Waals surface area contributed by atoms with Gasteiger partial charge < -0.3 is 15.2 Å². The minimum Gasteiger partial charge on any atom is -0.496 e. The Kier molecular flexibility index (Phi) is 4.08. The molecule has 0 aliphatic rings. The lowest BCUT2D eigenvalue weighted by Gasteiger charge is -2.13. The van der Waals surface area contributed by atoms with E-state index in [1.54, 1.807) is 43.8 Å². The van der Waals surface area contributed by atoms with Gasteiger partial charge in [0, 0.05) is 29.5 Å². The number of carboxylic acids is 1. The van der Waals surface area contributed by atoms with Gasteiger partial charge in [-0.05, 0) is 24.3 Å². The van der Waals surface area contributed by atoms with Crippen molar-refractivity contribution in [2.45, 2.75) is 6.54 Å². The van der Waals surface area contributed by atoms with Gasteiger partial charge in [0.05, 0.1) is 12.8 Å². The molecule has 6 nitrogen and oxygen atoms in total. The monoisotopic (exact) mass is 331 g/mol. The van der Waals surface area contributed by atoms with Crippen LogP contribution in [-0.2, 0) is 6.54 Å². The van der Waals surface area contributed by atoms with Gasteiger partial charge in [-0.15, -0.1) is 0 Å². The number of fused-ring (bicyclic) bond motifs is 1. The van der Waals surface area contributed by atoms with Gasteiger partial charge >= 0.3 is 5.97 Å². The molecule has 2 heterocycles. The van der Waals surface area contributed by atoms with Gasteiger partial charge in [-0.3, -0.25) is 4.40 Å². The van der Waals surface area contributed by atoms with Crippen molar-refractivity contribution in [1.82, 2.24) is 9.38 Å². The lowest BCUT2D eigenvalue weighted by atomic mass is 10.2. The smallest absolute Gasteiger partial charge is 0.355 e. The molecule has 23 heavy (non-hydrogen) atoms. The fraction of sp³-hybridized carbons (Fsp3) is 0.125. The van der Waals surface area contributed by atoms with Gasteiger partial charge in [0.25, 0.3) is 0 Å². The van der Waals surface area contributed by atoms with Crippen LogP contribution in [0.4, 0.5) is 5.69 Å². The van der Waals surface area contributed by atoms with Crippen LogP contribution in [0.25, 0.3) is 5.65 Å². The lowest BCUT2D eigenvalue weighted by molar-refractivity contribution is 0.0690.